The zero-order valence-electron chi connectivity index (χ0n) is 10.2. The second-order valence-electron chi connectivity index (χ2n) is 5.55. The molecular formula is C15H20ClN. The Hall–Kier alpha value is -0.530. The van der Waals surface area contributed by atoms with Gasteiger partial charge in [0.05, 0.1) is 0 Å². The average Bonchev–Trinajstić information content (AvgIpc) is 3.19. The van der Waals surface area contributed by atoms with Crippen molar-refractivity contribution in [3.05, 3.63) is 34.9 Å². The van der Waals surface area contributed by atoms with Crippen LogP contribution in [-0.4, -0.2) is 6.54 Å². The molecule has 0 aliphatic heterocycles. The first-order valence-electron chi connectivity index (χ1n) is 6.82. The highest BCUT2D eigenvalue weighted by atomic mass is 35.5. The van der Waals surface area contributed by atoms with E-state index >= 15 is 0 Å². The van der Waals surface area contributed by atoms with E-state index in [1.54, 1.807) is 0 Å². The molecule has 17 heavy (non-hydrogen) atoms. The molecule has 0 bridgehead atoms. The minimum Gasteiger partial charge on any atom is -0.310 e. The van der Waals surface area contributed by atoms with E-state index in [1.165, 1.54) is 44.2 Å². The van der Waals surface area contributed by atoms with Crippen LogP contribution in [0, 0.1) is 11.8 Å². The third-order valence-corrected chi connectivity index (χ3v) is 4.19. The summed E-state index contributed by atoms with van der Waals surface area (Å²) in [6, 6.07) is 8.93. The lowest BCUT2D eigenvalue weighted by Crippen LogP contribution is -2.24. The average molecular weight is 250 g/mol. The Morgan fingerprint density at radius 1 is 1.12 bits per heavy atom. The van der Waals surface area contributed by atoms with Crippen LogP contribution in [0.25, 0.3) is 0 Å². The van der Waals surface area contributed by atoms with Gasteiger partial charge in [0.2, 0.25) is 0 Å². The van der Waals surface area contributed by atoms with Crippen LogP contribution in [0.1, 0.15) is 43.7 Å². The van der Waals surface area contributed by atoms with Crippen molar-refractivity contribution in [2.45, 2.75) is 38.1 Å². The fourth-order valence-corrected chi connectivity index (χ4v) is 2.63. The maximum atomic E-state index is 5.95. The topological polar surface area (TPSA) is 12.0 Å². The Kier molecular flexibility index (Phi) is 3.39. The molecule has 0 amide bonds. The number of benzene rings is 1. The van der Waals surface area contributed by atoms with Crippen molar-refractivity contribution < 1.29 is 0 Å². The quantitative estimate of drug-likeness (QED) is 0.798. The molecule has 2 aliphatic rings. The lowest BCUT2D eigenvalue weighted by atomic mass is 10.0. The number of hydrogen-bond acceptors (Lipinski definition) is 1. The number of nitrogens with one attached hydrogen (secondary N) is 1. The van der Waals surface area contributed by atoms with E-state index in [2.05, 4.69) is 17.4 Å². The van der Waals surface area contributed by atoms with Crippen LogP contribution < -0.4 is 5.32 Å². The third kappa shape index (κ3) is 3.23. The minimum atomic E-state index is 0.561. The zero-order chi connectivity index (χ0) is 11.7. The molecule has 1 unspecified atom stereocenters. The number of rotatable bonds is 6. The van der Waals surface area contributed by atoms with Gasteiger partial charge in [-0.05, 0) is 55.3 Å². The van der Waals surface area contributed by atoms with Crippen LogP contribution >= 0.6 is 11.6 Å². The van der Waals surface area contributed by atoms with Crippen molar-refractivity contribution in [3.8, 4) is 0 Å². The molecule has 0 spiro atoms. The first-order chi connectivity index (χ1) is 8.33. The standard InChI is InChI=1S/C15H20ClN/c16-14-7-5-13(6-8-14)15(12-3-4-12)17-10-9-11-1-2-11/h5-8,11-12,15,17H,1-4,9-10H2. The fourth-order valence-electron chi connectivity index (χ4n) is 2.51. The summed E-state index contributed by atoms with van der Waals surface area (Å²) in [7, 11) is 0. The summed E-state index contributed by atoms with van der Waals surface area (Å²) >= 11 is 5.95. The summed E-state index contributed by atoms with van der Waals surface area (Å²) in [5.41, 5.74) is 1.41. The molecule has 2 saturated carbocycles. The monoisotopic (exact) mass is 249 g/mol. The van der Waals surface area contributed by atoms with E-state index in [9.17, 15) is 0 Å². The number of hydrogen-bond donors (Lipinski definition) is 1. The van der Waals surface area contributed by atoms with Crippen LogP contribution in [0.4, 0.5) is 0 Å². The summed E-state index contributed by atoms with van der Waals surface area (Å²) < 4.78 is 0. The lowest BCUT2D eigenvalue weighted by molar-refractivity contribution is 0.466. The Morgan fingerprint density at radius 3 is 2.41 bits per heavy atom. The van der Waals surface area contributed by atoms with Gasteiger partial charge in [0, 0.05) is 11.1 Å². The van der Waals surface area contributed by atoms with Crippen LogP contribution in [0.2, 0.25) is 5.02 Å². The smallest absolute Gasteiger partial charge is 0.0406 e. The Bertz CT molecular complexity index is 365. The maximum Gasteiger partial charge on any atom is 0.0406 e. The summed E-state index contributed by atoms with van der Waals surface area (Å²) in [6.07, 6.45) is 7.03. The normalized spacial score (nSPS) is 21.5. The lowest BCUT2D eigenvalue weighted by Gasteiger charge is -2.19. The van der Waals surface area contributed by atoms with Crippen molar-refractivity contribution in [2.24, 2.45) is 11.8 Å². The van der Waals surface area contributed by atoms with Gasteiger partial charge >= 0.3 is 0 Å². The highest BCUT2D eigenvalue weighted by Crippen LogP contribution is 2.41. The van der Waals surface area contributed by atoms with Crippen molar-refractivity contribution in [1.82, 2.24) is 5.32 Å². The Balaban J connectivity index is 1.59. The molecule has 2 aliphatic carbocycles. The van der Waals surface area contributed by atoms with Gasteiger partial charge in [0.25, 0.3) is 0 Å². The summed E-state index contributed by atoms with van der Waals surface area (Å²) in [5.74, 6) is 1.88. The van der Waals surface area contributed by atoms with Gasteiger partial charge in [-0.2, -0.15) is 0 Å². The van der Waals surface area contributed by atoms with E-state index in [1.807, 2.05) is 12.1 Å². The van der Waals surface area contributed by atoms with Gasteiger partial charge in [-0.25, -0.2) is 0 Å². The second kappa shape index (κ2) is 4.99. The predicted molar refractivity (Wildman–Crippen MR) is 72.3 cm³/mol. The number of halogens is 1. The van der Waals surface area contributed by atoms with E-state index in [4.69, 9.17) is 11.6 Å². The largest absolute Gasteiger partial charge is 0.310 e. The van der Waals surface area contributed by atoms with E-state index < -0.39 is 0 Å². The summed E-state index contributed by atoms with van der Waals surface area (Å²) in [5, 5.41) is 4.58. The van der Waals surface area contributed by atoms with Crippen molar-refractivity contribution in [3.63, 3.8) is 0 Å². The second-order valence-corrected chi connectivity index (χ2v) is 5.99. The Labute approximate surface area is 109 Å². The van der Waals surface area contributed by atoms with Gasteiger partial charge in [-0.3, -0.25) is 0 Å². The van der Waals surface area contributed by atoms with Crippen LogP contribution in [0.3, 0.4) is 0 Å². The molecule has 2 heteroatoms. The fraction of sp³-hybridized carbons (Fsp3) is 0.600. The molecule has 1 atom stereocenters. The van der Waals surface area contributed by atoms with Gasteiger partial charge in [-0.1, -0.05) is 36.6 Å². The summed E-state index contributed by atoms with van der Waals surface area (Å²) in [4.78, 5) is 0. The van der Waals surface area contributed by atoms with Crippen LogP contribution in [-0.2, 0) is 0 Å². The molecule has 3 rings (SSSR count). The molecule has 2 fully saturated rings. The highest BCUT2D eigenvalue weighted by molar-refractivity contribution is 6.30. The molecule has 0 saturated heterocycles. The van der Waals surface area contributed by atoms with Crippen LogP contribution in [0.5, 0.6) is 0 Å². The van der Waals surface area contributed by atoms with Crippen molar-refractivity contribution >= 4 is 11.6 Å². The molecule has 0 aromatic heterocycles. The molecule has 0 radical (unpaired) electrons. The predicted octanol–water partition coefficient (Wildman–Crippen LogP) is 4.18. The van der Waals surface area contributed by atoms with Gasteiger partial charge < -0.3 is 5.32 Å². The van der Waals surface area contributed by atoms with Crippen LogP contribution in [0.15, 0.2) is 24.3 Å². The maximum absolute atomic E-state index is 5.95. The first-order valence-corrected chi connectivity index (χ1v) is 7.19. The highest BCUT2D eigenvalue weighted by Gasteiger charge is 2.32. The molecule has 92 valence electrons. The SMILES string of the molecule is Clc1ccc(C(NCCC2CC2)C2CC2)cc1. The molecular weight excluding hydrogens is 230 g/mol. The molecule has 1 nitrogen and oxygen atoms in total. The third-order valence-electron chi connectivity index (χ3n) is 3.94. The Morgan fingerprint density at radius 2 is 1.82 bits per heavy atom. The summed E-state index contributed by atoms with van der Waals surface area (Å²) in [6.45, 7) is 1.18. The molecule has 1 aromatic carbocycles. The van der Waals surface area contributed by atoms with E-state index in [-0.39, 0.29) is 0 Å². The van der Waals surface area contributed by atoms with Gasteiger partial charge in [0.1, 0.15) is 0 Å². The van der Waals surface area contributed by atoms with Gasteiger partial charge in [-0.15, -0.1) is 0 Å². The van der Waals surface area contributed by atoms with Crippen molar-refractivity contribution in [1.29, 1.82) is 0 Å². The molecule has 1 aromatic rings. The zero-order valence-corrected chi connectivity index (χ0v) is 10.9. The molecule has 1 N–H and O–H groups in total. The first kappa shape index (κ1) is 11.6. The van der Waals surface area contributed by atoms with E-state index in [0.29, 0.717) is 6.04 Å². The van der Waals surface area contributed by atoms with E-state index in [0.717, 1.165) is 16.9 Å². The minimum absolute atomic E-state index is 0.561. The van der Waals surface area contributed by atoms with Gasteiger partial charge in [0.15, 0.2) is 0 Å². The van der Waals surface area contributed by atoms with Crippen molar-refractivity contribution in [2.75, 3.05) is 6.54 Å². The molecule has 0 heterocycles.